The van der Waals surface area contributed by atoms with Crippen molar-refractivity contribution in [1.29, 1.82) is 0 Å². The van der Waals surface area contributed by atoms with Crippen LogP contribution in [-0.4, -0.2) is 33.1 Å². The van der Waals surface area contributed by atoms with E-state index in [1.54, 1.807) is 5.32 Å². The van der Waals surface area contributed by atoms with Crippen LogP contribution in [0.25, 0.3) is 0 Å². The molecule has 1 rings (SSSR count). The number of rotatable bonds is 4. The highest BCUT2D eigenvalue weighted by atomic mass is 19.4. The molecule has 1 amide bonds. The van der Waals surface area contributed by atoms with E-state index < -0.39 is 35.9 Å². The second-order valence-electron chi connectivity index (χ2n) is 3.05. The van der Waals surface area contributed by atoms with Crippen LogP contribution < -0.4 is 5.32 Å². The van der Waals surface area contributed by atoms with Gasteiger partial charge in [0.15, 0.2) is 0 Å². The van der Waals surface area contributed by atoms with Crippen LogP contribution in [0.2, 0.25) is 0 Å². The number of amides is 1. The SMILES string of the molecule is O=C(Cn1cnc([N+](=O)[O-])c1)NCC(F)(F)F. The Balaban J connectivity index is 2.48. The van der Waals surface area contributed by atoms with E-state index >= 15 is 0 Å². The number of nitrogens with one attached hydrogen (secondary N) is 1. The standard InChI is InChI=1S/C7H7F3N4O3/c8-7(9,10)3-11-6(15)2-13-1-5(12-4-13)14(16)17/h1,4H,2-3H2,(H,11,15). The first-order valence-corrected chi connectivity index (χ1v) is 4.27. The molecule has 17 heavy (non-hydrogen) atoms. The maximum atomic E-state index is 11.7. The molecule has 7 nitrogen and oxygen atoms in total. The van der Waals surface area contributed by atoms with Gasteiger partial charge in [0.1, 0.15) is 19.3 Å². The molecule has 0 atom stereocenters. The van der Waals surface area contributed by atoms with Gasteiger partial charge in [0.25, 0.3) is 0 Å². The number of aromatic nitrogens is 2. The molecule has 0 saturated carbocycles. The molecule has 0 fully saturated rings. The van der Waals surface area contributed by atoms with Crippen LogP contribution in [-0.2, 0) is 11.3 Å². The number of carbonyl (C=O) groups is 1. The van der Waals surface area contributed by atoms with Crippen molar-refractivity contribution in [2.45, 2.75) is 12.7 Å². The normalized spacial score (nSPS) is 11.2. The number of carbonyl (C=O) groups excluding carboxylic acids is 1. The predicted molar refractivity (Wildman–Crippen MR) is 47.9 cm³/mol. The molecule has 0 saturated heterocycles. The summed E-state index contributed by atoms with van der Waals surface area (Å²) in [6, 6.07) is 0. The number of nitrogens with zero attached hydrogens (tertiary/aromatic N) is 3. The van der Waals surface area contributed by atoms with E-state index in [4.69, 9.17) is 0 Å². The van der Waals surface area contributed by atoms with Crippen molar-refractivity contribution in [2.75, 3.05) is 6.54 Å². The van der Waals surface area contributed by atoms with Crippen molar-refractivity contribution in [3.8, 4) is 0 Å². The summed E-state index contributed by atoms with van der Waals surface area (Å²) in [7, 11) is 0. The Morgan fingerprint density at radius 3 is 2.71 bits per heavy atom. The molecule has 0 radical (unpaired) electrons. The summed E-state index contributed by atoms with van der Waals surface area (Å²) in [5, 5.41) is 11.9. The molecular weight excluding hydrogens is 245 g/mol. The first-order chi connectivity index (χ1) is 7.78. The highest BCUT2D eigenvalue weighted by Gasteiger charge is 2.27. The fraction of sp³-hybridized carbons (Fsp3) is 0.429. The summed E-state index contributed by atoms with van der Waals surface area (Å²) >= 11 is 0. The smallest absolute Gasteiger partial charge is 0.358 e. The van der Waals surface area contributed by atoms with Crippen molar-refractivity contribution < 1.29 is 22.9 Å². The second-order valence-corrected chi connectivity index (χ2v) is 3.05. The Bertz CT molecular complexity index is 428. The van der Waals surface area contributed by atoms with Gasteiger partial charge in [-0.1, -0.05) is 0 Å². The first kappa shape index (κ1) is 12.9. The summed E-state index contributed by atoms with van der Waals surface area (Å²) in [4.78, 5) is 23.8. The maximum Gasteiger partial charge on any atom is 0.405 e. The van der Waals surface area contributed by atoms with Crippen LogP contribution in [0.4, 0.5) is 19.0 Å². The zero-order valence-electron chi connectivity index (χ0n) is 8.27. The summed E-state index contributed by atoms with van der Waals surface area (Å²) in [6.07, 6.45) is -2.55. The van der Waals surface area contributed by atoms with Gasteiger partial charge in [-0.05, 0) is 9.91 Å². The van der Waals surface area contributed by atoms with Gasteiger partial charge in [-0.2, -0.15) is 13.2 Å². The third-order valence-electron chi connectivity index (χ3n) is 1.62. The number of hydrogen-bond donors (Lipinski definition) is 1. The average Bonchev–Trinajstić information content (AvgIpc) is 2.62. The van der Waals surface area contributed by atoms with Crippen molar-refractivity contribution >= 4 is 11.7 Å². The Labute approximate surface area is 92.4 Å². The molecule has 0 aliphatic heterocycles. The lowest BCUT2D eigenvalue weighted by atomic mass is 10.5. The molecule has 0 bridgehead atoms. The molecule has 1 aromatic rings. The van der Waals surface area contributed by atoms with Crippen molar-refractivity contribution in [2.24, 2.45) is 0 Å². The second kappa shape index (κ2) is 4.80. The van der Waals surface area contributed by atoms with Crippen molar-refractivity contribution in [3.63, 3.8) is 0 Å². The van der Waals surface area contributed by atoms with Crippen molar-refractivity contribution in [3.05, 3.63) is 22.6 Å². The number of imidazole rings is 1. The van der Waals surface area contributed by atoms with Crippen molar-refractivity contribution in [1.82, 2.24) is 14.9 Å². The van der Waals surface area contributed by atoms with Gasteiger partial charge < -0.3 is 20.0 Å². The summed E-state index contributed by atoms with van der Waals surface area (Å²) in [6.45, 7) is -1.90. The fourth-order valence-electron chi connectivity index (χ4n) is 0.950. The molecule has 1 heterocycles. The fourth-order valence-corrected chi connectivity index (χ4v) is 0.950. The Hall–Kier alpha value is -2.13. The van der Waals surface area contributed by atoms with Gasteiger partial charge >= 0.3 is 12.0 Å². The largest absolute Gasteiger partial charge is 0.405 e. The summed E-state index contributed by atoms with van der Waals surface area (Å²) < 4.78 is 36.2. The third-order valence-corrected chi connectivity index (χ3v) is 1.62. The number of alkyl halides is 3. The molecule has 0 aliphatic carbocycles. The van der Waals surface area contributed by atoms with E-state index in [0.717, 1.165) is 17.1 Å². The van der Waals surface area contributed by atoms with E-state index in [9.17, 15) is 28.1 Å². The van der Waals surface area contributed by atoms with Crippen LogP contribution in [0.5, 0.6) is 0 Å². The third kappa shape index (κ3) is 4.49. The van der Waals surface area contributed by atoms with Crippen LogP contribution in [0.3, 0.4) is 0 Å². The van der Waals surface area contributed by atoms with E-state index in [1.165, 1.54) is 0 Å². The summed E-state index contributed by atoms with van der Waals surface area (Å²) in [5.41, 5.74) is 0. The van der Waals surface area contributed by atoms with Crippen LogP contribution in [0.15, 0.2) is 12.5 Å². The Morgan fingerprint density at radius 2 is 2.24 bits per heavy atom. The lowest BCUT2D eigenvalue weighted by Crippen LogP contribution is -2.35. The molecule has 0 aliphatic rings. The molecular formula is C7H7F3N4O3. The highest BCUT2D eigenvalue weighted by molar-refractivity contribution is 5.75. The molecule has 0 unspecified atom stereocenters. The van der Waals surface area contributed by atoms with Crippen LogP contribution in [0, 0.1) is 10.1 Å². The average molecular weight is 252 g/mol. The minimum absolute atomic E-state index is 0.461. The molecule has 94 valence electrons. The molecule has 0 aromatic carbocycles. The highest BCUT2D eigenvalue weighted by Crippen LogP contribution is 2.12. The van der Waals surface area contributed by atoms with E-state index in [-0.39, 0.29) is 0 Å². The lowest BCUT2D eigenvalue weighted by Gasteiger charge is -2.07. The maximum absolute atomic E-state index is 11.7. The molecule has 1 aromatic heterocycles. The van der Waals surface area contributed by atoms with Gasteiger partial charge in [-0.25, -0.2) is 0 Å². The van der Waals surface area contributed by atoms with Gasteiger partial charge in [-0.3, -0.25) is 4.79 Å². The Morgan fingerprint density at radius 1 is 1.59 bits per heavy atom. The van der Waals surface area contributed by atoms with E-state index in [0.29, 0.717) is 0 Å². The van der Waals surface area contributed by atoms with E-state index in [1.807, 2.05) is 0 Å². The number of halogens is 3. The first-order valence-electron chi connectivity index (χ1n) is 4.27. The Kier molecular flexibility index (Phi) is 3.66. The molecule has 1 N–H and O–H groups in total. The minimum Gasteiger partial charge on any atom is -0.358 e. The predicted octanol–water partition coefficient (Wildman–Crippen LogP) is 0.470. The number of nitro groups is 1. The number of hydrogen-bond acceptors (Lipinski definition) is 4. The monoisotopic (exact) mass is 252 g/mol. The van der Waals surface area contributed by atoms with Crippen LogP contribution >= 0.6 is 0 Å². The van der Waals surface area contributed by atoms with Gasteiger partial charge in [0.2, 0.25) is 12.2 Å². The van der Waals surface area contributed by atoms with Crippen LogP contribution in [0.1, 0.15) is 0 Å². The lowest BCUT2D eigenvalue weighted by molar-refractivity contribution is -0.389. The zero-order valence-corrected chi connectivity index (χ0v) is 8.27. The van der Waals surface area contributed by atoms with E-state index in [2.05, 4.69) is 4.98 Å². The minimum atomic E-state index is -4.49. The quantitative estimate of drug-likeness (QED) is 0.623. The van der Waals surface area contributed by atoms with Gasteiger partial charge in [-0.15, -0.1) is 0 Å². The molecule has 10 heteroatoms. The van der Waals surface area contributed by atoms with Gasteiger partial charge in [0, 0.05) is 0 Å². The van der Waals surface area contributed by atoms with Gasteiger partial charge in [0.05, 0.1) is 0 Å². The zero-order chi connectivity index (χ0) is 13.1. The summed E-state index contributed by atoms with van der Waals surface area (Å²) in [5.74, 6) is -1.39. The topological polar surface area (TPSA) is 90.1 Å². The molecule has 0 spiro atoms.